The Hall–Kier alpha value is -4.82. The minimum atomic E-state index is 0.910. The zero-order chi connectivity index (χ0) is 24.3. The molecule has 2 aliphatic rings. The molecule has 2 nitrogen and oxygen atoms in total. The average Bonchev–Trinajstić information content (AvgIpc) is 2.96. The summed E-state index contributed by atoms with van der Waals surface area (Å²) in [5.74, 6) is 0. The van der Waals surface area contributed by atoms with Gasteiger partial charge in [-0.3, -0.25) is 0 Å². The van der Waals surface area contributed by atoms with Crippen LogP contribution < -0.4 is 9.80 Å². The summed E-state index contributed by atoms with van der Waals surface area (Å²) in [5.41, 5.74) is 9.89. The minimum Gasteiger partial charge on any atom is -0.306 e. The third-order valence-electron chi connectivity index (χ3n) is 7.70. The zero-order valence-corrected chi connectivity index (χ0v) is 20.3. The topological polar surface area (TPSA) is 6.48 Å². The van der Waals surface area contributed by atoms with Gasteiger partial charge in [-0.1, -0.05) is 91.0 Å². The number of hydrogen-bond donors (Lipinski definition) is 0. The second-order valence-corrected chi connectivity index (χ2v) is 9.80. The summed E-state index contributed by atoms with van der Waals surface area (Å²) in [7, 11) is 0. The minimum absolute atomic E-state index is 0.910. The Morgan fingerprint density at radius 3 is 2.08 bits per heavy atom. The van der Waals surface area contributed by atoms with Crippen molar-refractivity contribution < 1.29 is 0 Å². The molecular formula is C35H24N2. The van der Waals surface area contributed by atoms with Crippen molar-refractivity contribution in [1.82, 2.24) is 0 Å². The standard InChI is InChI=1S/C35H24N2/c1-2-15-28(16-3-1)37-32-19-7-6-18-31(32)36(29-21-20-24-10-4-5-11-26(24)22-29)33-23-27-14-8-12-25-13-9-17-30(34(25)27)35(33)37/h1-16,18-23H,17H2. The molecule has 6 aromatic carbocycles. The van der Waals surface area contributed by atoms with Crippen molar-refractivity contribution in [2.24, 2.45) is 0 Å². The first-order valence-corrected chi connectivity index (χ1v) is 12.9. The van der Waals surface area contributed by atoms with Crippen LogP contribution in [-0.4, -0.2) is 0 Å². The third-order valence-corrected chi connectivity index (χ3v) is 7.70. The smallest absolute Gasteiger partial charge is 0.0745 e. The molecule has 0 atom stereocenters. The summed E-state index contributed by atoms with van der Waals surface area (Å²) < 4.78 is 0. The lowest BCUT2D eigenvalue weighted by Gasteiger charge is -2.42. The number of hydrogen-bond acceptors (Lipinski definition) is 2. The van der Waals surface area contributed by atoms with E-state index in [0.717, 1.165) is 6.42 Å². The van der Waals surface area contributed by atoms with Crippen LogP contribution in [0, 0.1) is 0 Å². The maximum absolute atomic E-state index is 2.47. The Labute approximate surface area is 216 Å². The average molecular weight is 473 g/mol. The highest BCUT2D eigenvalue weighted by Crippen LogP contribution is 2.57. The molecular weight excluding hydrogens is 448 g/mol. The van der Waals surface area contributed by atoms with E-state index in [1.807, 2.05) is 0 Å². The van der Waals surface area contributed by atoms with Gasteiger partial charge in [0.1, 0.15) is 0 Å². The second kappa shape index (κ2) is 7.84. The summed E-state index contributed by atoms with van der Waals surface area (Å²) in [5, 5.41) is 5.15. The van der Waals surface area contributed by atoms with Crippen LogP contribution in [0.3, 0.4) is 0 Å². The number of fused-ring (bicyclic) bond motifs is 4. The van der Waals surface area contributed by atoms with E-state index in [1.165, 1.54) is 66.8 Å². The van der Waals surface area contributed by atoms with Crippen LogP contribution >= 0.6 is 0 Å². The summed E-state index contributed by atoms with van der Waals surface area (Å²) in [4.78, 5) is 4.92. The van der Waals surface area contributed by atoms with E-state index in [-0.39, 0.29) is 0 Å². The molecule has 0 spiro atoms. The highest BCUT2D eigenvalue weighted by Gasteiger charge is 2.33. The van der Waals surface area contributed by atoms with Crippen molar-refractivity contribution in [3.63, 3.8) is 0 Å². The molecule has 0 amide bonds. The van der Waals surface area contributed by atoms with Crippen molar-refractivity contribution >= 4 is 61.7 Å². The summed E-state index contributed by atoms with van der Waals surface area (Å²) in [6.45, 7) is 0. The Morgan fingerprint density at radius 1 is 0.486 bits per heavy atom. The van der Waals surface area contributed by atoms with E-state index in [0.29, 0.717) is 0 Å². The molecule has 1 heterocycles. The number of para-hydroxylation sites is 3. The Bertz CT molecular complexity index is 1870. The van der Waals surface area contributed by atoms with Crippen molar-refractivity contribution in [2.75, 3.05) is 9.80 Å². The van der Waals surface area contributed by atoms with Crippen molar-refractivity contribution in [3.8, 4) is 0 Å². The van der Waals surface area contributed by atoms with Crippen LogP contribution in [-0.2, 0) is 6.42 Å². The molecule has 0 saturated carbocycles. The maximum atomic E-state index is 2.47. The Balaban J connectivity index is 1.50. The molecule has 0 aromatic heterocycles. The lowest BCUT2D eigenvalue weighted by Crippen LogP contribution is -2.25. The molecule has 6 aromatic rings. The van der Waals surface area contributed by atoms with Gasteiger partial charge in [0.15, 0.2) is 0 Å². The summed E-state index contributed by atoms with van der Waals surface area (Å²) in [6.07, 6.45) is 5.49. The monoisotopic (exact) mass is 472 g/mol. The van der Waals surface area contributed by atoms with E-state index in [2.05, 4.69) is 143 Å². The molecule has 8 rings (SSSR count). The fraction of sp³-hybridized carbons (Fsp3) is 0.0286. The van der Waals surface area contributed by atoms with Crippen LogP contribution in [0.4, 0.5) is 34.1 Å². The largest absolute Gasteiger partial charge is 0.306 e. The second-order valence-electron chi connectivity index (χ2n) is 9.80. The molecule has 1 aliphatic carbocycles. The van der Waals surface area contributed by atoms with E-state index >= 15 is 0 Å². The molecule has 0 saturated heterocycles. The highest BCUT2D eigenvalue weighted by molar-refractivity contribution is 6.11. The molecule has 37 heavy (non-hydrogen) atoms. The first-order valence-electron chi connectivity index (χ1n) is 12.9. The van der Waals surface area contributed by atoms with Crippen LogP contribution in [0.15, 0.2) is 127 Å². The van der Waals surface area contributed by atoms with Gasteiger partial charge in [-0.15, -0.1) is 0 Å². The predicted molar refractivity (Wildman–Crippen MR) is 157 cm³/mol. The van der Waals surface area contributed by atoms with Crippen LogP contribution in [0.25, 0.3) is 27.6 Å². The summed E-state index contributed by atoms with van der Waals surface area (Å²) in [6, 6.07) is 44.0. The van der Waals surface area contributed by atoms with Gasteiger partial charge in [0.2, 0.25) is 0 Å². The lowest BCUT2D eigenvalue weighted by molar-refractivity contribution is 1.14. The van der Waals surface area contributed by atoms with Crippen molar-refractivity contribution in [1.29, 1.82) is 0 Å². The predicted octanol–water partition coefficient (Wildman–Crippen LogP) is 9.82. The van der Waals surface area contributed by atoms with Gasteiger partial charge in [0.25, 0.3) is 0 Å². The fourth-order valence-corrected chi connectivity index (χ4v) is 6.14. The molecule has 0 radical (unpaired) electrons. The van der Waals surface area contributed by atoms with Gasteiger partial charge in [-0.05, 0) is 81.6 Å². The molecule has 0 fully saturated rings. The lowest BCUT2D eigenvalue weighted by atomic mass is 9.88. The maximum Gasteiger partial charge on any atom is 0.0745 e. The van der Waals surface area contributed by atoms with Gasteiger partial charge < -0.3 is 9.80 Å². The van der Waals surface area contributed by atoms with Crippen molar-refractivity contribution in [3.05, 3.63) is 139 Å². The number of allylic oxidation sites excluding steroid dienone is 1. The number of anilines is 6. The van der Waals surface area contributed by atoms with Gasteiger partial charge in [0.05, 0.1) is 22.7 Å². The summed E-state index contributed by atoms with van der Waals surface area (Å²) >= 11 is 0. The van der Waals surface area contributed by atoms with Crippen LogP contribution in [0.2, 0.25) is 0 Å². The zero-order valence-electron chi connectivity index (χ0n) is 20.3. The normalized spacial score (nSPS) is 13.6. The van der Waals surface area contributed by atoms with Gasteiger partial charge in [-0.25, -0.2) is 0 Å². The molecule has 2 heteroatoms. The molecule has 1 aliphatic heterocycles. The number of nitrogens with zero attached hydrogens (tertiary/aromatic N) is 2. The van der Waals surface area contributed by atoms with E-state index in [4.69, 9.17) is 0 Å². The molecule has 0 N–H and O–H groups in total. The van der Waals surface area contributed by atoms with Gasteiger partial charge in [0, 0.05) is 11.4 Å². The van der Waals surface area contributed by atoms with E-state index < -0.39 is 0 Å². The van der Waals surface area contributed by atoms with E-state index in [9.17, 15) is 0 Å². The molecule has 0 unspecified atom stereocenters. The van der Waals surface area contributed by atoms with Crippen molar-refractivity contribution in [2.45, 2.75) is 6.42 Å². The number of benzene rings is 6. The fourth-order valence-electron chi connectivity index (χ4n) is 6.14. The van der Waals surface area contributed by atoms with Gasteiger partial charge >= 0.3 is 0 Å². The first-order chi connectivity index (χ1) is 18.4. The van der Waals surface area contributed by atoms with Crippen LogP contribution in [0.1, 0.15) is 11.1 Å². The Morgan fingerprint density at radius 2 is 1.22 bits per heavy atom. The molecule has 0 bridgehead atoms. The van der Waals surface area contributed by atoms with E-state index in [1.54, 1.807) is 0 Å². The quantitative estimate of drug-likeness (QED) is 0.247. The van der Waals surface area contributed by atoms with Crippen LogP contribution in [0.5, 0.6) is 0 Å². The highest BCUT2D eigenvalue weighted by atomic mass is 15.3. The number of rotatable bonds is 2. The van der Waals surface area contributed by atoms with Gasteiger partial charge in [-0.2, -0.15) is 0 Å². The SMILES string of the molecule is C1=Cc2cccc3cc4c(c(c23)C1)N(c1ccccc1)c1ccccc1N4c1ccc2ccccc2c1. The third kappa shape index (κ3) is 2.99. The Kier molecular flexibility index (Phi) is 4.32. The first kappa shape index (κ1) is 20.4. The molecule has 174 valence electrons.